The smallest absolute Gasteiger partial charge is 0.124 e. The van der Waals surface area contributed by atoms with Crippen molar-refractivity contribution in [2.45, 2.75) is 50.4 Å². The average molecular weight is 340 g/mol. The van der Waals surface area contributed by atoms with Crippen LogP contribution in [0.3, 0.4) is 0 Å². The SMILES string of the molecule is OC[C@@H](O)[C@@](OCc1ccccc1)(c1ccccc1)C1CCCCC1. The Morgan fingerprint density at radius 3 is 2.12 bits per heavy atom. The van der Waals surface area contributed by atoms with Crippen LogP contribution in [0.15, 0.2) is 60.7 Å². The van der Waals surface area contributed by atoms with E-state index in [0.717, 1.165) is 36.8 Å². The van der Waals surface area contributed by atoms with Crippen molar-refractivity contribution in [3.8, 4) is 0 Å². The molecule has 134 valence electrons. The molecule has 2 aromatic carbocycles. The van der Waals surface area contributed by atoms with E-state index in [2.05, 4.69) is 0 Å². The Morgan fingerprint density at radius 1 is 0.920 bits per heavy atom. The highest BCUT2D eigenvalue weighted by atomic mass is 16.5. The normalized spacial score (nSPS) is 19.3. The van der Waals surface area contributed by atoms with Gasteiger partial charge < -0.3 is 14.9 Å². The minimum atomic E-state index is -0.943. The van der Waals surface area contributed by atoms with E-state index in [-0.39, 0.29) is 12.5 Å². The fraction of sp³-hybridized carbons (Fsp3) is 0.455. The van der Waals surface area contributed by atoms with E-state index >= 15 is 0 Å². The summed E-state index contributed by atoms with van der Waals surface area (Å²) >= 11 is 0. The molecule has 0 aromatic heterocycles. The Kier molecular flexibility index (Phi) is 6.24. The number of aliphatic hydroxyl groups is 2. The molecule has 0 unspecified atom stereocenters. The van der Waals surface area contributed by atoms with E-state index < -0.39 is 11.7 Å². The van der Waals surface area contributed by atoms with Gasteiger partial charge in [0.1, 0.15) is 11.7 Å². The van der Waals surface area contributed by atoms with Crippen LogP contribution in [-0.2, 0) is 16.9 Å². The molecule has 0 bridgehead atoms. The highest BCUT2D eigenvalue weighted by Crippen LogP contribution is 2.45. The van der Waals surface area contributed by atoms with E-state index in [0.29, 0.717) is 6.61 Å². The lowest BCUT2D eigenvalue weighted by Gasteiger charge is -2.45. The molecular weight excluding hydrogens is 312 g/mol. The molecule has 0 aliphatic heterocycles. The number of hydrogen-bond donors (Lipinski definition) is 2. The van der Waals surface area contributed by atoms with Crippen molar-refractivity contribution >= 4 is 0 Å². The van der Waals surface area contributed by atoms with Crippen LogP contribution in [0.1, 0.15) is 43.2 Å². The van der Waals surface area contributed by atoms with Crippen LogP contribution in [0, 0.1) is 5.92 Å². The molecule has 3 rings (SSSR count). The second-order valence-corrected chi connectivity index (χ2v) is 6.97. The molecule has 0 amide bonds. The predicted molar refractivity (Wildman–Crippen MR) is 99.0 cm³/mol. The highest BCUT2D eigenvalue weighted by Gasteiger charge is 2.47. The summed E-state index contributed by atoms with van der Waals surface area (Å²) in [6.07, 6.45) is 4.61. The summed E-state index contributed by atoms with van der Waals surface area (Å²) in [5, 5.41) is 20.7. The molecular formula is C22H28O3. The van der Waals surface area contributed by atoms with E-state index in [9.17, 15) is 10.2 Å². The lowest BCUT2D eigenvalue weighted by atomic mass is 9.70. The highest BCUT2D eigenvalue weighted by molar-refractivity contribution is 5.26. The van der Waals surface area contributed by atoms with Crippen LogP contribution in [0.25, 0.3) is 0 Å². The van der Waals surface area contributed by atoms with Gasteiger partial charge in [0.2, 0.25) is 0 Å². The standard InChI is InChI=1S/C22H28O3/c23-16-21(24)22(19-12-6-2-7-13-19,20-14-8-3-9-15-20)25-17-18-10-4-1-5-11-18/h1-2,4-7,10-13,20-21,23-24H,3,8-9,14-17H2/t21-,22-/m1/s1. The van der Waals surface area contributed by atoms with Gasteiger partial charge in [-0.3, -0.25) is 0 Å². The minimum Gasteiger partial charge on any atom is -0.394 e. The van der Waals surface area contributed by atoms with Gasteiger partial charge in [0.05, 0.1) is 13.2 Å². The molecule has 1 saturated carbocycles. The fourth-order valence-corrected chi connectivity index (χ4v) is 4.14. The Bertz CT molecular complexity index is 622. The van der Waals surface area contributed by atoms with Gasteiger partial charge in [0.15, 0.2) is 0 Å². The van der Waals surface area contributed by atoms with Crippen LogP contribution in [-0.4, -0.2) is 22.9 Å². The topological polar surface area (TPSA) is 49.7 Å². The van der Waals surface area contributed by atoms with Crippen molar-refractivity contribution in [2.24, 2.45) is 5.92 Å². The summed E-state index contributed by atoms with van der Waals surface area (Å²) < 4.78 is 6.48. The Labute approximate surface area is 150 Å². The van der Waals surface area contributed by atoms with Crippen LogP contribution in [0.2, 0.25) is 0 Å². The van der Waals surface area contributed by atoms with E-state index in [1.165, 1.54) is 6.42 Å². The Balaban J connectivity index is 1.97. The van der Waals surface area contributed by atoms with Crippen LogP contribution < -0.4 is 0 Å². The van der Waals surface area contributed by atoms with Crippen molar-refractivity contribution in [1.82, 2.24) is 0 Å². The molecule has 0 saturated heterocycles. The second-order valence-electron chi connectivity index (χ2n) is 6.97. The van der Waals surface area contributed by atoms with Crippen molar-refractivity contribution in [3.05, 3.63) is 71.8 Å². The summed E-state index contributed by atoms with van der Waals surface area (Å²) in [6.45, 7) is 0.115. The first kappa shape index (κ1) is 18.1. The van der Waals surface area contributed by atoms with Crippen molar-refractivity contribution in [2.75, 3.05) is 6.61 Å². The molecule has 1 aliphatic carbocycles. The first-order valence-electron chi connectivity index (χ1n) is 9.29. The predicted octanol–water partition coefficient (Wildman–Crippen LogP) is 4.03. The van der Waals surface area contributed by atoms with Gasteiger partial charge in [0, 0.05) is 0 Å². The second kappa shape index (κ2) is 8.61. The lowest BCUT2D eigenvalue weighted by molar-refractivity contribution is -0.188. The van der Waals surface area contributed by atoms with Crippen molar-refractivity contribution < 1.29 is 14.9 Å². The maximum absolute atomic E-state index is 10.9. The molecule has 0 heterocycles. The van der Waals surface area contributed by atoms with E-state index in [1.807, 2.05) is 60.7 Å². The lowest BCUT2D eigenvalue weighted by Crippen LogP contribution is -2.50. The van der Waals surface area contributed by atoms with Crippen molar-refractivity contribution in [3.63, 3.8) is 0 Å². The van der Waals surface area contributed by atoms with E-state index in [4.69, 9.17) is 4.74 Å². The fourth-order valence-electron chi connectivity index (χ4n) is 4.14. The average Bonchev–Trinajstić information content (AvgIpc) is 2.70. The quantitative estimate of drug-likeness (QED) is 0.800. The maximum Gasteiger partial charge on any atom is 0.124 e. The summed E-state index contributed by atoms with van der Waals surface area (Å²) in [5.74, 6) is 0.203. The molecule has 25 heavy (non-hydrogen) atoms. The number of hydrogen-bond acceptors (Lipinski definition) is 3. The Morgan fingerprint density at radius 2 is 1.52 bits per heavy atom. The number of benzene rings is 2. The van der Waals surface area contributed by atoms with Gasteiger partial charge in [-0.15, -0.1) is 0 Å². The van der Waals surface area contributed by atoms with Crippen molar-refractivity contribution in [1.29, 1.82) is 0 Å². The molecule has 2 aromatic rings. The summed E-state index contributed by atoms with van der Waals surface area (Å²) in [7, 11) is 0. The molecule has 0 radical (unpaired) electrons. The van der Waals surface area contributed by atoms with Gasteiger partial charge in [0.25, 0.3) is 0 Å². The first-order chi connectivity index (χ1) is 12.3. The summed E-state index contributed by atoms with van der Waals surface area (Å²) in [4.78, 5) is 0. The van der Waals surface area contributed by atoms with Gasteiger partial charge >= 0.3 is 0 Å². The van der Waals surface area contributed by atoms with Gasteiger partial charge in [-0.1, -0.05) is 79.9 Å². The summed E-state index contributed by atoms with van der Waals surface area (Å²) in [5.41, 5.74) is 1.16. The maximum atomic E-state index is 10.9. The number of aliphatic hydroxyl groups excluding tert-OH is 2. The third kappa shape index (κ3) is 3.95. The van der Waals surface area contributed by atoms with Crippen LogP contribution in [0.5, 0.6) is 0 Å². The van der Waals surface area contributed by atoms with E-state index in [1.54, 1.807) is 0 Å². The summed E-state index contributed by atoms with van der Waals surface area (Å²) in [6, 6.07) is 20.0. The largest absolute Gasteiger partial charge is 0.394 e. The number of ether oxygens (including phenoxy) is 1. The molecule has 3 heteroatoms. The molecule has 1 fully saturated rings. The zero-order valence-electron chi connectivity index (χ0n) is 14.7. The first-order valence-corrected chi connectivity index (χ1v) is 9.29. The molecule has 2 N–H and O–H groups in total. The third-order valence-corrected chi connectivity index (χ3v) is 5.43. The van der Waals surface area contributed by atoms with Gasteiger partial charge in [-0.05, 0) is 29.9 Å². The molecule has 1 aliphatic rings. The molecule has 0 spiro atoms. The monoisotopic (exact) mass is 340 g/mol. The van der Waals surface area contributed by atoms with Gasteiger partial charge in [-0.2, -0.15) is 0 Å². The zero-order valence-corrected chi connectivity index (χ0v) is 14.7. The number of rotatable bonds is 7. The van der Waals surface area contributed by atoms with Crippen LogP contribution in [0.4, 0.5) is 0 Å². The Hall–Kier alpha value is -1.68. The zero-order chi connectivity index (χ0) is 17.5. The van der Waals surface area contributed by atoms with Crippen LogP contribution >= 0.6 is 0 Å². The molecule has 3 nitrogen and oxygen atoms in total. The van der Waals surface area contributed by atoms with Gasteiger partial charge in [-0.25, -0.2) is 0 Å². The third-order valence-electron chi connectivity index (χ3n) is 5.43. The molecule has 2 atom stereocenters. The minimum absolute atomic E-state index is 0.203.